The van der Waals surface area contributed by atoms with Gasteiger partial charge in [0.05, 0.1) is 12.2 Å². The molecule has 36 heavy (non-hydrogen) atoms. The second-order valence-electron chi connectivity index (χ2n) is 7.88. The number of ether oxygens (including phenoxy) is 2. The van der Waals surface area contributed by atoms with Gasteiger partial charge in [0, 0.05) is 10.9 Å². The zero-order chi connectivity index (χ0) is 25.3. The standard InChI is InChI=1S/C29H25NO5S/c1-2-34-29(33)26-24(21-13-7-4-8-14-21)19-36-27(26)30-25(31)18-35-28(32)23-16-10-9-15-22(23)17-20-11-5-3-6-12-20/h3-16,19H,2,17-18H2,1H3,(H,30,31). The summed E-state index contributed by atoms with van der Waals surface area (Å²) in [5.41, 5.74) is 4.06. The summed E-state index contributed by atoms with van der Waals surface area (Å²) in [5.74, 6) is -1.66. The fourth-order valence-corrected chi connectivity index (χ4v) is 4.72. The van der Waals surface area contributed by atoms with E-state index < -0.39 is 24.5 Å². The summed E-state index contributed by atoms with van der Waals surface area (Å²) in [5, 5.41) is 4.84. The number of thiophene rings is 1. The predicted molar refractivity (Wildman–Crippen MR) is 140 cm³/mol. The first-order valence-corrected chi connectivity index (χ1v) is 12.4. The Balaban J connectivity index is 1.45. The van der Waals surface area contributed by atoms with Crippen LogP contribution in [0.15, 0.2) is 90.3 Å². The predicted octanol–water partition coefficient (Wildman–Crippen LogP) is 5.98. The van der Waals surface area contributed by atoms with Gasteiger partial charge in [0.2, 0.25) is 0 Å². The van der Waals surface area contributed by atoms with Crippen molar-refractivity contribution in [1.29, 1.82) is 0 Å². The highest BCUT2D eigenvalue weighted by Crippen LogP contribution is 2.36. The Morgan fingerprint density at radius 2 is 1.47 bits per heavy atom. The molecule has 182 valence electrons. The van der Waals surface area contributed by atoms with Crippen molar-refractivity contribution >= 4 is 34.2 Å². The van der Waals surface area contributed by atoms with Gasteiger partial charge in [0.25, 0.3) is 5.91 Å². The number of hydrogen-bond donors (Lipinski definition) is 1. The van der Waals surface area contributed by atoms with Gasteiger partial charge in [-0.25, -0.2) is 9.59 Å². The molecule has 0 aliphatic heterocycles. The molecule has 0 aliphatic carbocycles. The molecule has 1 heterocycles. The molecule has 1 amide bonds. The number of benzene rings is 3. The average molecular weight is 500 g/mol. The number of rotatable bonds is 9. The van der Waals surface area contributed by atoms with Gasteiger partial charge < -0.3 is 14.8 Å². The van der Waals surface area contributed by atoms with E-state index in [0.29, 0.717) is 22.5 Å². The number of amides is 1. The highest BCUT2D eigenvalue weighted by molar-refractivity contribution is 7.15. The van der Waals surface area contributed by atoms with Crippen molar-refractivity contribution in [3.05, 3.63) is 113 Å². The Hall–Kier alpha value is -4.23. The summed E-state index contributed by atoms with van der Waals surface area (Å²) in [4.78, 5) is 38.1. The molecule has 4 rings (SSSR count). The molecule has 0 spiro atoms. The summed E-state index contributed by atoms with van der Waals surface area (Å²) in [7, 11) is 0. The molecule has 3 aromatic carbocycles. The van der Waals surface area contributed by atoms with Crippen molar-refractivity contribution in [3.8, 4) is 11.1 Å². The van der Waals surface area contributed by atoms with Gasteiger partial charge in [-0.1, -0.05) is 78.9 Å². The monoisotopic (exact) mass is 499 g/mol. The van der Waals surface area contributed by atoms with Crippen LogP contribution in [-0.2, 0) is 20.7 Å². The van der Waals surface area contributed by atoms with Crippen LogP contribution >= 0.6 is 11.3 Å². The van der Waals surface area contributed by atoms with Gasteiger partial charge in [0.15, 0.2) is 6.61 Å². The van der Waals surface area contributed by atoms with E-state index in [2.05, 4.69) is 5.32 Å². The number of esters is 2. The largest absolute Gasteiger partial charge is 0.462 e. The fourth-order valence-electron chi connectivity index (χ4n) is 3.75. The molecule has 1 aromatic heterocycles. The Morgan fingerprint density at radius 3 is 2.19 bits per heavy atom. The molecule has 7 heteroatoms. The molecule has 1 N–H and O–H groups in total. The van der Waals surface area contributed by atoms with Crippen LogP contribution in [0.2, 0.25) is 0 Å². The van der Waals surface area contributed by atoms with Gasteiger partial charge in [-0.2, -0.15) is 0 Å². The summed E-state index contributed by atoms with van der Waals surface area (Å²) >= 11 is 1.21. The van der Waals surface area contributed by atoms with E-state index in [1.807, 2.05) is 72.8 Å². The molecular weight excluding hydrogens is 474 g/mol. The maximum Gasteiger partial charge on any atom is 0.341 e. The normalized spacial score (nSPS) is 10.5. The van der Waals surface area contributed by atoms with Crippen molar-refractivity contribution in [1.82, 2.24) is 0 Å². The second kappa shape index (κ2) is 12.0. The molecule has 6 nitrogen and oxygen atoms in total. The molecule has 0 unspecified atom stereocenters. The number of anilines is 1. The lowest BCUT2D eigenvalue weighted by Crippen LogP contribution is -2.22. The maximum atomic E-state index is 12.8. The first-order chi connectivity index (χ1) is 17.6. The summed E-state index contributed by atoms with van der Waals surface area (Å²) < 4.78 is 10.5. The highest BCUT2D eigenvalue weighted by atomic mass is 32.1. The lowest BCUT2D eigenvalue weighted by atomic mass is 10.00. The van der Waals surface area contributed by atoms with Crippen LogP contribution in [0.25, 0.3) is 11.1 Å². The van der Waals surface area contributed by atoms with Crippen molar-refractivity contribution < 1.29 is 23.9 Å². The zero-order valence-electron chi connectivity index (χ0n) is 19.7. The van der Waals surface area contributed by atoms with Crippen LogP contribution in [0, 0.1) is 0 Å². The lowest BCUT2D eigenvalue weighted by Gasteiger charge is -2.11. The van der Waals surface area contributed by atoms with E-state index >= 15 is 0 Å². The molecule has 0 bridgehead atoms. The lowest BCUT2D eigenvalue weighted by molar-refractivity contribution is -0.119. The first-order valence-electron chi connectivity index (χ1n) is 11.5. The van der Waals surface area contributed by atoms with Gasteiger partial charge in [-0.15, -0.1) is 11.3 Å². The van der Waals surface area contributed by atoms with Crippen LogP contribution < -0.4 is 5.32 Å². The third kappa shape index (κ3) is 6.06. The van der Waals surface area contributed by atoms with Crippen molar-refractivity contribution in [2.45, 2.75) is 13.3 Å². The molecule has 0 aliphatic rings. The highest BCUT2D eigenvalue weighted by Gasteiger charge is 2.23. The minimum atomic E-state index is -0.585. The maximum absolute atomic E-state index is 12.8. The van der Waals surface area contributed by atoms with Crippen LogP contribution in [0.3, 0.4) is 0 Å². The third-order valence-electron chi connectivity index (χ3n) is 5.42. The number of nitrogens with one attached hydrogen (secondary N) is 1. The zero-order valence-corrected chi connectivity index (χ0v) is 20.5. The SMILES string of the molecule is CCOC(=O)c1c(-c2ccccc2)csc1NC(=O)COC(=O)c1ccccc1Cc1ccccc1. The third-order valence-corrected chi connectivity index (χ3v) is 6.31. The Bertz CT molecular complexity index is 1350. The van der Waals surface area contributed by atoms with Crippen molar-refractivity contribution in [3.63, 3.8) is 0 Å². The number of carbonyl (C=O) groups excluding carboxylic acids is 3. The van der Waals surface area contributed by atoms with E-state index in [4.69, 9.17) is 9.47 Å². The van der Waals surface area contributed by atoms with Gasteiger partial charge >= 0.3 is 11.9 Å². The minimum Gasteiger partial charge on any atom is -0.462 e. The summed E-state index contributed by atoms with van der Waals surface area (Å²) in [6.07, 6.45) is 0.568. The van der Waals surface area contributed by atoms with E-state index in [0.717, 1.165) is 16.7 Å². The van der Waals surface area contributed by atoms with Crippen molar-refractivity contribution in [2.24, 2.45) is 0 Å². The molecule has 0 radical (unpaired) electrons. The molecule has 0 atom stereocenters. The van der Waals surface area contributed by atoms with Gasteiger partial charge in [-0.05, 0) is 36.1 Å². The summed E-state index contributed by atoms with van der Waals surface area (Å²) in [6.45, 7) is 1.44. The quantitative estimate of drug-likeness (QED) is 0.287. The van der Waals surface area contributed by atoms with E-state index in [9.17, 15) is 14.4 Å². The van der Waals surface area contributed by atoms with Crippen LogP contribution in [0.4, 0.5) is 5.00 Å². The second-order valence-corrected chi connectivity index (χ2v) is 8.76. The molecule has 0 fully saturated rings. The van der Waals surface area contributed by atoms with Crippen LogP contribution in [0.1, 0.15) is 38.8 Å². The Kier molecular flexibility index (Phi) is 8.26. The average Bonchev–Trinajstić information content (AvgIpc) is 3.32. The summed E-state index contributed by atoms with van der Waals surface area (Å²) in [6, 6.07) is 26.4. The number of carbonyl (C=O) groups is 3. The van der Waals surface area contributed by atoms with Gasteiger partial charge in [-0.3, -0.25) is 4.79 Å². The molecular formula is C29H25NO5S. The van der Waals surface area contributed by atoms with E-state index in [1.165, 1.54) is 11.3 Å². The molecule has 4 aromatic rings. The van der Waals surface area contributed by atoms with E-state index in [-0.39, 0.29) is 12.2 Å². The fraction of sp³-hybridized carbons (Fsp3) is 0.138. The number of hydrogen-bond acceptors (Lipinski definition) is 6. The smallest absolute Gasteiger partial charge is 0.341 e. The van der Waals surface area contributed by atoms with Crippen LogP contribution in [-0.4, -0.2) is 31.1 Å². The minimum absolute atomic E-state index is 0.205. The Labute approximate surface area is 213 Å². The Morgan fingerprint density at radius 1 is 0.806 bits per heavy atom. The van der Waals surface area contributed by atoms with Gasteiger partial charge in [0.1, 0.15) is 10.6 Å². The topological polar surface area (TPSA) is 81.7 Å². The molecule has 0 saturated carbocycles. The first kappa shape index (κ1) is 24.9. The van der Waals surface area contributed by atoms with Crippen LogP contribution in [0.5, 0.6) is 0 Å². The van der Waals surface area contributed by atoms with E-state index in [1.54, 1.807) is 24.4 Å². The van der Waals surface area contributed by atoms with Crippen molar-refractivity contribution in [2.75, 3.05) is 18.5 Å². The molecule has 0 saturated heterocycles.